The first-order valence-corrected chi connectivity index (χ1v) is 7.50. The summed E-state index contributed by atoms with van der Waals surface area (Å²) < 4.78 is 23.4. The van der Waals surface area contributed by atoms with Crippen LogP contribution >= 0.6 is 0 Å². The standard InChI is InChI=1S/C12H18N2O3S/c1-10(7-13)8-18(16,17)9-12(15)14-11-5-3-2-4-6-11/h2-6,10H,7-9,13H2,1H3,(H,14,15). The summed E-state index contributed by atoms with van der Waals surface area (Å²) in [6, 6.07) is 8.75. The Morgan fingerprint density at radius 1 is 1.33 bits per heavy atom. The molecule has 100 valence electrons. The molecule has 0 aromatic heterocycles. The first-order valence-electron chi connectivity index (χ1n) is 5.68. The Balaban J connectivity index is 2.55. The lowest BCUT2D eigenvalue weighted by atomic mass is 10.2. The minimum atomic E-state index is -3.40. The molecule has 1 amide bonds. The van der Waals surface area contributed by atoms with Crippen LogP contribution in [0.1, 0.15) is 6.92 Å². The summed E-state index contributed by atoms with van der Waals surface area (Å²) in [5.41, 5.74) is 5.96. The summed E-state index contributed by atoms with van der Waals surface area (Å²) in [4.78, 5) is 11.6. The number of hydrogen-bond donors (Lipinski definition) is 2. The molecular weight excluding hydrogens is 252 g/mol. The van der Waals surface area contributed by atoms with Crippen molar-refractivity contribution < 1.29 is 13.2 Å². The molecule has 1 unspecified atom stereocenters. The van der Waals surface area contributed by atoms with Gasteiger partial charge in [0.25, 0.3) is 0 Å². The fourth-order valence-electron chi connectivity index (χ4n) is 1.48. The summed E-state index contributed by atoms with van der Waals surface area (Å²) in [7, 11) is -3.40. The number of anilines is 1. The molecule has 0 bridgehead atoms. The second-order valence-electron chi connectivity index (χ2n) is 4.31. The first kappa shape index (κ1) is 14.7. The molecule has 18 heavy (non-hydrogen) atoms. The minimum Gasteiger partial charge on any atom is -0.330 e. The molecule has 0 aliphatic carbocycles. The molecule has 0 saturated carbocycles. The number of benzene rings is 1. The first-order chi connectivity index (χ1) is 8.43. The number of para-hydroxylation sites is 1. The zero-order valence-electron chi connectivity index (χ0n) is 10.3. The maximum absolute atomic E-state index is 11.7. The van der Waals surface area contributed by atoms with Crippen LogP contribution in [0.25, 0.3) is 0 Å². The van der Waals surface area contributed by atoms with E-state index in [2.05, 4.69) is 5.32 Å². The van der Waals surface area contributed by atoms with E-state index >= 15 is 0 Å². The summed E-state index contributed by atoms with van der Waals surface area (Å²) in [5, 5.41) is 2.54. The Hall–Kier alpha value is -1.40. The minimum absolute atomic E-state index is 0.0638. The SMILES string of the molecule is CC(CN)CS(=O)(=O)CC(=O)Nc1ccccc1. The van der Waals surface area contributed by atoms with Gasteiger partial charge in [-0.05, 0) is 24.6 Å². The molecule has 6 heteroatoms. The van der Waals surface area contributed by atoms with Crippen molar-refractivity contribution in [1.82, 2.24) is 0 Å². The largest absolute Gasteiger partial charge is 0.330 e. The number of nitrogens with two attached hydrogens (primary N) is 1. The molecule has 0 heterocycles. The van der Waals surface area contributed by atoms with E-state index < -0.39 is 21.5 Å². The van der Waals surface area contributed by atoms with Crippen molar-refractivity contribution >= 4 is 21.4 Å². The lowest BCUT2D eigenvalue weighted by molar-refractivity contribution is -0.113. The van der Waals surface area contributed by atoms with Crippen molar-refractivity contribution in [3.63, 3.8) is 0 Å². The van der Waals surface area contributed by atoms with Crippen molar-refractivity contribution in [1.29, 1.82) is 0 Å². The topological polar surface area (TPSA) is 89.3 Å². The zero-order chi connectivity index (χ0) is 13.6. The smallest absolute Gasteiger partial charge is 0.239 e. The highest BCUT2D eigenvalue weighted by molar-refractivity contribution is 7.92. The van der Waals surface area contributed by atoms with E-state index in [1.807, 2.05) is 6.07 Å². The van der Waals surface area contributed by atoms with Crippen molar-refractivity contribution in [3.8, 4) is 0 Å². The highest BCUT2D eigenvalue weighted by atomic mass is 32.2. The molecule has 0 aliphatic heterocycles. The number of hydrogen-bond acceptors (Lipinski definition) is 4. The van der Waals surface area contributed by atoms with Gasteiger partial charge in [-0.1, -0.05) is 25.1 Å². The van der Waals surface area contributed by atoms with Crippen LogP contribution in [0.15, 0.2) is 30.3 Å². The Labute approximate surface area is 107 Å². The number of carbonyl (C=O) groups excluding carboxylic acids is 1. The zero-order valence-corrected chi connectivity index (χ0v) is 11.1. The lowest BCUT2D eigenvalue weighted by Gasteiger charge is -2.09. The molecule has 1 aromatic rings. The fraction of sp³-hybridized carbons (Fsp3) is 0.417. The molecular formula is C12H18N2O3S. The Kier molecular flexibility index (Phi) is 5.30. The van der Waals surface area contributed by atoms with Crippen LogP contribution in [-0.2, 0) is 14.6 Å². The van der Waals surface area contributed by atoms with E-state index in [0.717, 1.165) is 0 Å². The van der Waals surface area contributed by atoms with Crippen LogP contribution in [-0.4, -0.2) is 32.4 Å². The Morgan fingerprint density at radius 2 is 1.94 bits per heavy atom. The van der Waals surface area contributed by atoms with Crippen LogP contribution in [0.2, 0.25) is 0 Å². The van der Waals surface area contributed by atoms with Crippen molar-refractivity contribution in [2.75, 3.05) is 23.4 Å². The molecule has 1 rings (SSSR count). The van der Waals surface area contributed by atoms with E-state index in [-0.39, 0.29) is 11.7 Å². The highest BCUT2D eigenvalue weighted by Gasteiger charge is 2.19. The summed E-state index contributed by atoms with van der Waals surface area (Å²) in [5.74, 6) is -1.23. The molecule has 1 aromatic carbocycles. The van der Waals surface area contributed by atoms with E-state index in [9.17, 15) is 13.2 Å². The average molecular weight is 270 g/mol. The Bertz CT molecular complexity index is 485. The summed E-state index contributed by atoms with van der Waals surface area (Å²) in [6.07, 6.45) is 0. The number of carbonyl (C=O) groups is 1. The fourth-order valence-corrected chi connectivity index (χ4v) is 3.07. The second-order valence-corrected chi connectivity index (χ2v) is 6.42. The van der Waals surface area contributed by atoms with Gasteiger partial charge in [-0.15, -0.1) is 0 Å². The summed E-state index contributed by atoms with van der Waals surface area (Å²) >= 11 is 0. The van der Waals surface area contributed by atoms with Gasteiger partial charge in [0.05, 0.1) is 5.75 Å². The van der Waals surface area contributed by atoms with Gasteiger partial charge in [0.15, 0.2) is 9.84 Å². The second kappa shape index (κ2) is 6.51. The third kappa shape index (κ3) is 5.29. The third-order valence-corrected chi connectivity index (χ3v) is 4.13. The molecule has 0 fully saturated rings. The van der Waals surface area contributed by atoms with Crippen LogP contribution in [0.4, 0.5) is 5.69 Å². The van der Waals surface area contributed by atoms with Gasteiger partial charge in [-0.3, -0.25) is 4.79 Å². The van der Waals surface area contributed by atoms with Crippen LogP contribution in [0.3, 0.4) is 0 Å². The Morgan fingerprint density at radius 3 is 2.50 bits per heavy atom. The van der Waals surface area contributed by atoms with E-state index in [1.165, 1.54) is 0 Å². The molecule has 0 saturated heterocycles. The maximum atomic E-state index is 11.7. The number of nitrogens with one attached hydrogen (secondary N) is 1. The van der Waals surface area contributed by atoms with Crippen molar-refractivity contribution in [3.05, 3.63) is 30.3 Å². The molecule has 1 atom stereocenters. The number of rotatable bonds is 6. The third-order valence-electron chi connectivity index (χ3n) is 2.35. The average Bonchev–Trinajstić information content (AvgIpc) is 2.28. The van der Waals surface area contributed by atoms with Gasteiger partial charge < -0.3 is 11.1 Å². The normalized spacial score (nSPS) is 13.0. The van der Waals surface area contributed by atoms with Gasteiger partial charge in [0, 0.05) is 5.69 Å². The molecule has 0 aliphatic rings. The number of sulfone groups is 1. The molecule has 3 N–H and O–H groups in total. The van der Waals surface area contributed by atoms with Crippen LogP contribution in [0.5, 0.6) is 0 Å². The predicted octanol–water partition coefficient (Wildman–Crippen LogP) is 0.635. The van der Waals surface area contributed by atoms with Gasteiger partial charge in [-0.2, -0.15) is 0 Å². The number of amides is 1. The predicted molar refractivity (Wildman–Crippen MR) is 71.9 cm³/mol. The van der Waals surface area contributed by atoms with Gasteiger partial charge in [0.1, 0.15) is 5.75 Å². The monoisotopic (exact) mass is 270 g/mol. The van der Waals surface area contributed by atoms with Gasteiger partial charge in [0.2, 0.25) is 5.91 Å². The van der Waals surface area contributed by atoms with Crippen molar-refractivity contribution in [2.45, 2.75) is 6.92 Å². The highest BCUT2D eigenvalue weighted by Crippen LogP contribution is 2.06. The van der Waals surface area contributed by atoms with E-state index in [1.54, 1.807) is 31.2 Å². The maximum Gasteiger partial charge on any atom is 0.239 e. The summed E-state index contributed by atoms with van der Waals surface area (Å²) in [6.45, 7) is 2.03. The van der Waals surface area contributed by atoms with E-state index in [0.29, 0.717) is 12.2 Å². The molecule has 0 radical (unpaired) electrons. The van der Waals surface area contributed by atoms with Gasteiger partial charge >= 0.3 is 0 Å². The van der Waals surface area contributed by atoms with Crippen molar-refractivity contribution in [2.24, 2.45) is 11.7 Å². The quantitative estimate of drug-likeness (QED) is 0.793. The van der Waals surface area contributed by atoms with Gasteiger partial charge in [-0.25, -0.2) is 8.42 Å². The lowest BCUT2D eigenvalue weighted by Crippen LogP contribution is -2.29. The van der Waals surface area contributed by atoms with Crippen LogP contribution in [0, 0.1) is 5.92 Å². The van der Waals surface area contributed by atoms with E-state index in [4.69, 9.17) is 5.73 Å². The molecule has 5 nitrogen and oxygen atoms in total. The molecule has 0 spiro atoms. The van der Waals surface area contributed by atoms with Crippen LogP contribution < -0.4 is 11.1 Å².